The van der Waals surface area contributed by atoms with Gasteiger partial charge in [0.1, 0.15) is 0 Å². The van der Waals surface area contributed by atoms with Crippen molar-refractivity contribution >= 4 is 33.0 Å². The van der Waals surface area contributed by atoms with E-state index in [-0.39, 0.29) is 0 Å². The number of benzene rings is 2. The first-order chi connectivity index (χ1) is 10.5. The van der Waals surface area contributed by atoms with Crippen molar-refractivity contribution in [1.29, 1.82) is 0 Å². The fraction of sp³-hybridized carbons (Fsp3) is 0.222. The minimum atomic E-state index is -3.98. The summed E-state index contributed by atoms with van der Waals surface area (Å²) in [5.41, 5.74) is 2.31. The van der Waals surface area contributed by atoms with Crippen LogP contribution in [0.15, 0.2) is 36.4 Å². The zero-order valence-electron chi connectivity index (χ0n) is 12.0. The Balaban J connectivity index is 1.98. The molecule has 0 fully saturated rings. The van der Waals surface area contributed by atoms with Crippen molar-refractivity contribution in [3.05, 3.63) is 58.0 Å². The van der Waals surface area contributed by atoms with Crippen LogP contribution in [0, 0.1) is 0 Å². The van der Waals surface area contributed by atoms with Crippen LogP contribution in [-0.2, 0) is 23.0 Å². The average molecular weight is 312 g/mol. The molecule has 4 rings (SSSR count). The summed E-state index contributed by atoms with van der Waals surface area (Å²) >= 11 is 0. The van der Waals surface area contributed by atoms with Crippen molar-refractivity contribution in [3.63, 3.8) is 0 Å². The lowest BCUT2D eigenvalue weighted by atomic mass is 9.91. The molecule has 2 aliphatic rings. The fourth-order valence-corrected chi connectivity index (χ4v) is 4.23. The van der Waals surface area contributed by atoms with E-state index in [1.54, 1.807) is 0 Å². The first kappa shape index (κ1) is 13.7. The average Bonchev–Trinajstić information content (AvgIpc) is 2.52. The molecule has 0 amide bonds. The topological polar surface area (TPSA) is 54.4 Å². The van der Waals surface area contributed by atoms with Crippen LogP contribution in [-0.4, -0.2) is 18.2 Å². The fourth-order valence-electron chi connectivity index (χ4n) is 3.50. The molecule has 2 aliphatic carbocycles. The highest BCUT2D eigenvalue weighted by Gasteiger charge is 2.25. The third-order valence-electron chi connectivity index (χ3n) is 4.66. The quantitative estimate of drug-likeness (QED) is 0.816. The number of hydrogen-bond donors (Lipinski definition) is 1. The van der Waals surface area contributed by atoms with Crippen LogP contribution in [0.2, 0.25) is 0 Å². The monoisotopic (exact) mass is 312 g/mol. The number of allylic oxidation sites excluding steroid dienone is 2. The second kappa shape index (κ2) is 4.80. The van der Waals surface area contributed by atoms with Gasteiger partial charge in [0.05, 0.1) is 5.25 Å². The van der Waals surface area contributed by atoms with Gasteiger partial charge < -0.3 is 0 Å². The lowest BCUT2D eigenvalue weighted by molar-refractivity contribution is 0.466. The van der Waals surface area contributed by atoms with Gasteiger partial charge in [-0.25, -0.2) is 0 Å². The lowest BCUT2D eigenvalue weighted by Crippen LogP contribution is -2.30. The van der Waals surface area contributed by atoms with E-state index < -0.39 is 15.4 Å². The van der Waals surface area contributed by atoms with Gasteiger partial charge in [0.15, 0.2) is 0 Å². The van der Waals surface area contributed by atoms with Crippen LogP contribution in [0.1, 0.15) is 17.5 Å². The lowest BCUT2D eigenvalue weighted by Gasteiger charge is -2.19. The van der Waals surface area contributed by atoms with Crippen LogP contribution in [0.5, 0.6) is 0 Å². The summed E-state index contributed by atoms with van der Waals surface area (Å²) in [6.45, 7) is 0. The van der Waals surface area contributed by atoms with Crippen LogP contribution in [0.3, 0.4) is 0 Å². The Morgan fingerprint density at radius 3 is 2.50 bits per heavy atom. The van der Waals surface area contributed by atoms with Gasteiger partial charge in [-0.1, -0.05) is 48.6 Å². The largest absolute Gasteiger partial charge is 0.285 e. The summed E-state index contributed by atoms with van der Waals surface area (Å²) in [7, 11) is -3.98. The molecule has 1 N–H and O–H groups in total. The second-order valence-electron chi connectivity index (χ2n) is 5.95. The van der Waals surface area contributed by atoms with Crippen molar-refractivity contribution in [2.45, 2.75) is 24.5 Å². The number of fused-ring (bicyclic) bond motifs is 5. The Morgan fingerprint density at radius 1 is 1.00 bits per heavy atom. The SMILES string of the molecule is O=S(=O)(O)C1CC=c2c(ccc3c4c(ccc23)CC=CC=4)C1. The first-order valence-electron chi connectivity index (χ1n) is 7.41. The summed E-state index contributed by atoms with van der Waals surface area (Å²) in [5.74, 6) is 0. The molecule has 0 bridgehead atoms. The number of hydrogen-bond acceptors (Lipinski definition) is 2. The summed E-state index contributed by atoms with van der Waals surface area (Å²) < 4.78 is 32.0. The zero-order chi connectivity index (χ0) is 15.3. The molecule has 22 heavy (non-hydrogen) atoms. The Bertz CT molecular complexity index is 1030. The maximum atomic E-state index is 11.4. The predicted molar refractivity (Wildman–Crippen MR) is 88.6 cm³/mol. The molecule has 0 saturated heterocycles. The standard InChI is InChI=1S/C18H16O3S/c19-22(20,21)14-7-10-16-13(11-14)6-9-17-15-4-2-1-3-12(15)5-8-18(16)17/h1-2,4-6,8-10,14H,3,7,11H2,(H,19,20,21). The van der Waals surface area contributed by atoms with Crippen molar-refractivity contribution < 1.29 is 13.0 Å². The van der Waals surface area contributed by atoms with Crippen LogP contribution >= 0.6 is 0 Å². The molecule has 0 saturated carbocycles. The van der Waals surface area contributed by atoms with Crippen LogP contribution in [0.4, 0.5) is 0 Å². The van der Waals surface area contributed by atoms with E-state index in [2.05, 4.69) is 36.4 Å². The zero-order valence-corrected chi connectivity index (χ0v) is 12.8. The van der Waals surface area contributed by atoms with Crippen molar-refractivity contribution in [2.24, 2.45) is 0 Å². The van der Waals surface area contributed by atoms with E-state index in [0.29, 0.717) is 12.8 Å². The molecular formula is C18H16O3S. The number of rotatable bonds is 1. The summed E-state index contributed by atoms with van der Waals surface area (Å²) in [5, 5.41) is 4.03. The van der Waals surface area contributed by atoms with Gasteiger partial charge in [0.25, 0.3) is 10.1 Å². The normalized spacial score (nSPS) is 20.0. The van der Waals surface area contributed by atoms with Gasteiger partial charge in [-0.3, -0.25) is 4.55 Å². The molecule has 0 spiro atoms. The highest BCUT2D eigenvalue weighted by Crippen LogP contribution is 2.19. The third-order valence-corrected chi connectivity index (χ3v) is 5.86. The van der Waals surface area contributed by atoms with E-state index in [1.807, 2.05) is 12.1 Å². The van der Waals surface area contributed by atoms with E-state index in [1.165, 1.54) is 16.2 Å². The second-order valence-corrected chi connectivity index (χ2v) is 7.65. The molecule has 4 heteroatoms. The maximum absolute atomic E-state index is 11.4. The Morgan fingerprint density at radius 2 is 1.73 bits per heavy atom. The summed E-state index contributed by atoms with van der Waals surface area (Å²) in [6.07, 6.45) is 10.0. The van der Waals surface area contributed by atoms with Gasteiger partial charge in [0.2, 0.25) is 0 Å². The van der Waals surface area contributed by atoms with E-state index in [0.717, 1.165) is 22.6 Å². The van der Waals surface area contributed by atoms with E-state index >= 15 is 0 Å². The first-order valence-corrected chi connectivity index (χ1v) is 8.91. The van der Waals surface area contributed by atoms with Gasteiger partial charge in [-0.2, -0.15) is 8.42 Å². The van der Waals surface area contributed by atoms with Gasteiger partial charge >= 0.3 is 0 Å². The van der Waals surface area contributed by atoms with E-state index in [4.69, 9.17) is 0 Å². The smallest absolute Gasteiger partial charge is 0.268 e. The summed E-state index contributed by atoms with van der Waals surface area (Å²) in [6, 6.07) is 8.35. The molecule has 0 aliphatic heterocycles. The molecule has 0 heterocycles. The minimum Gasteiger partial charge on any atom is -0.285 e. The molecule has 112 valence electrons. The van der Waals surface area contributed by atoms with Gasteiger partial charge in [-0.15, -0.1) is 0 Å². The molecule has 0 radical (unpaired) electrons. The van der Waals surface area contributed by atoms with Gasteiger partial charge in [-0.05, 0) is 51.6 Å². The molecule has 1 unspecified atom stereocenters. The molecular weight excluding hydrogens is 296 g/mol. The van der Waals surface area contributed by atoms with Gasteiger partial charge in [0, 0.05) is 0 Å². The maximum Gasteiger partial charge on any atom is 0.268 e. The van der Waals surface area contributed by atoms with Crippen molar-refractivity contribution in [3.8, 4) is 0 Å². The summed E-state index contributed by atoms with van der Waals surface area (Å²) in [4.78, 5) is 0. The highest BCUT2D eigenvalue weighted by molar-refractivity contribution is 7.86. The highest BCUT2D eigenvalue weighted by atomic mass is 32.2. The Labute approximate surface area is 129 Å². The van der Waals surface area contributed by atoms with Crippen molar-refractivity contribution in [1.82, 2.24) is 0 Å². The molecule has 1 atom stereocenters. The molecule has 2 aromatic rings. The van der Waals surface area contributed by atoms with Crippen molar-refractivity contribution in [2.75, 3.05) is 0 Å². The molecule has 0 aromatic heterocycles. The van der Waals surface area contributed by atoms with Crippen LogP contribution < -0.4 is 10.4 Å². The Kier molecular flexibility index (Phi) is 2.99. The Hall–Kier alpha value is -1.91. The van der Waals surface area contributed by atoms with Crippen LogP contribution in [0.25, 0.3) is 22.9 Å². The molecule has 2 aromatic carbocycles. The molecule has 3 nitrogen and oxygen atoms in total. The van der Waals surface area contributed by atoms with E-state index in [9.17, 15) is 13.0 Å². The minimum absolute atomic E-state index is 0.367. The third kappa shape index (κ3) is 2.11. The predicted octanol–water partition coefficient (Wildman–Crippen LogP) is 1.72.